The van der Waals surface area contributed by atoms with Gasteiger partial charge in [-0.15, -0.1) is 0 Å². The number of benzene rings is 1. The highest BCUT2D eigenvalue weighted by Crippen LogP contribution is 2.21. The molecule has 138 valence electrons. The van der Waals surface area contributed by atoms with Crippen LogP contribution in [0.1, 0.15) is 16.9 Å². The molecule has 0 bridgehead atoms. The lowest BCUT2D eigenvalue weighted by molar-refractivity contribution is 0.0931. The molecule has 1 aromatic carbocycles. The van der Waals surface area contributed by atoms with Crippen molar-refractivity contribution in [2.24, 2.45) is 0 Å². The van der Waals surface area contributed by atoms with Crippen LogP contribution < -0.4 is 15.6 Å². The van der Waals surface area contributed by atoms with Crippen molar-refractivity contribution in [1.82, 2.24) is 15.1 Å². The lowest BCUT2D eigenvalue weighted by Crippen LogP contribution is -2.37. The number of carbonyl (C=O) groups excluding carboxylic acids is 1. The zero-order chi connectivity index (χ0) is 18.9. The second-order valence-corrected chi connectivity index (χ2v) is 8.10. The number of ether oxygens (including phenoxy) is 1. The molecule has 1 aliphatic heterocycles. The average molecular weight is 379 g/mol. The van der Waals surface area contributed by atoms with E-state index in [-0.39, 0.29) is 17.2 Å². The molecule has 1 aliphatic rings. The van der Waals surface area contributed by atoms with E-state index in [2.05, 4.69) is 10.4 Å². The van der Waals surface area contributed by atoms with E-state index in [1.165, 1.54) is 7.11 Å². The molecule has 2 aromatic rings. The molecule has 10 heteroatoms. The molecule has 0 aliphatic carbocycles. The number of aromatic hydroxyl groups is 1. The molecular formula is C16H17N3O6S. The fourth-order valence-corrected chi connectivity index (χ4v) is 4.42. The highest BCUT2D eigenvalue weighted by Gasteiger charge is 2.30. The minimum absolute atomic E-state index is 0.00192. The van der Waals surface area contributed by atoms with Crippen LogP contribution in [0.25, 0.3) is 5.69 Å². The predicted molar refractivity (Wildman–Crippen MR) is 92.6 cm³/mol. The summed E-state index contributed by atoms with van der Waals surface area (Å²) in [5.41, 5.74) is -0.718. The number of para-hydroxylation sites is 2. The van der Waals surface area contributed by atoms with E-state index in [0.717, 1.165) is 10.7 Å². The van der Waals surface area contributed by atoms with Gasteiger partial charge in [0.1, 0.15) is 11.4 Å². The Balaban J connectivity index is 1.96. The van der Waals surface area contributed by atoms with Gasteiger partial charge in [0.25, 0.3) is 11.5 Å². The van der Waals surface area contributed by atoms with Gasteiger partial charge in [0, 0.05) is 12.1 Å². The second-order valence-electron chi connectivity index (χ2n) is 5.87. The number of carbonyl (C=O) groups is 1. The van der Waals surface area contributed by atoms with Crippen LogP contribution in [0.4, 0.5) is 0 Å². The molecule has 1 fully saturated rings. The van der Waals surface area contributed by atoms with Crippen molar-refractivity contribution in [2.45, 2.75) is 12.5 Å². The first-order chi connectivity index (χ1) is 12.3. The largest absolute Gasteiger partial charge is 0.505 e. The van der Waals surface area contributed by atoms with Gasteiger partial charge in [-0.25, -0.2) is 8.42 Å². The topological polar surface area (TPSA) is 128 Å². The Morgan fingerprint density at radius 1 is 1.38 bits per heavy atom. The summed E-state index contributed by atoms with van der Waals surface area (Å²) in [5, 5.41) is 16.4. The number of aromatic nitrogens is 2. The Labute approximate surface area is 149 Å². The van der Waals surface area contributed by atoms with Crippen LogP contribution in [0.3, 0.4) is 0 Å². The number of nitrogens with one attached hydrogen (secondary N) is 1. The summed E-state index contributed by atoms with van der Waals surface area (Å²) in [5.74, 6) is -1.14. The maximum absolute atomic E-state index is 12.4. The lowest BCUT2D eigenvalue weighted by Gasteiger charge is -2.13. The van der Waals surface area contributed by atoms with E-state index in [1.807, 2.05) is 0 Å². The summed E-state index contributed by atoms with van der Waals surface area (Å²) in [6, 6.07) is 6.90. The van der Waals surface area contributed by atoms with Crippen LogP contribution in [0.5, 0.6) is 11.5 Å². The number of rotatable bonds is 4. The standard InChI is InChI=1S/C16H17N3O6S/c1-25-13-5-3-2-4-11(13)19-14(21)8-12(20)15(18-19)16(22)17-10-6-7-26(23,24)9-10/h2-5,8,10,20H,6-7,9H2,1H3,(H,17,22). The van der Waals surface area contributed by atoms with Gasteiger partial charge < -0.3 is 15.2 Å². The first-order valence-corrected chi connectivity index (χ1v) is 9.61. The molecule has 0 saturated carbocycles. The van der Waals surface area contributed by atoms with E-state index in [0.29, 0.717) is 17.9 Å². The summed E-state index contributed by atoms with van der Waals surface area (Å²) in [6.45, 7) is 0. The van der Waals surface area contributed by atoms with Crippen LogP contribution >= 0.6 is 0 Å². The van der Waals surface area contributed by atoms with E-state index in [1.54, 1.807) is 24.3 Å². The van der Waals surface area contributed by atoms with Crippen molar-refractivity contribution in [2.75, 3.05) is 18.6 Å². The molecule has 1 aromatic heterocycles. The van der Waals surface area contributed by atoms with Gasteiger partial charge in [-0.05, 0) is 18.6 Å². The van der Waals surface area contributed by atoms with Crippen molar-refractivity contribution in [3.05, 3.63) is 46.4 Å². The van der Waals surface area contributed by atoms with Crippen molar-refractivity contribution in [3.63, 3.8) is 0 Å². The van der Waals surface area contributed by atoms with Crippen LogP contribution in [0.15, 0.2) is 35.1 Å². The molecule has 26 heavy (non-hydrogen) atoms. The number of sulfone groups is 1. The number of hydrogen-bond donors (Lipinski definition) is 2. The molecule has 0 radical (unpaired) electrons. The first-order valence-electron chi connectivity index (χ1n) is 7.79. The van der Waals surface area contributed by atoms with E-state index in [4.69, 9.17) is 4.74 Å². The lowest BCUT2D eigenvalue weighted by atomic mass is 10.2. The van der Waals surface area contributed by atoms with Crippen molar-refractivity contribution in [1.29, 1.82) is 0 Å². The smallest absolute Gasteiger partial charge is 0.275 e. The molecule has 1 unspecified atom stereocenters. The van der Waals surface area contributed by atoms with E-state index < -0.39 is 33.1 Å². The number of nitrogens with zero attached hydrogens (tertiary/aromatic N) is 2. The Bertz CT molecular complexity index is 1010. The molecule has 0 spiro atoms. The van der Waals surface area contributed by atoms with Crippen molar-refractivity contribution < 1.29 is 23.1 Å². The van der Waals surface area contributed by atoms with Crippen LogP contribution in [-0.4, -0.2) is 53.9 Å². The van der Waals surface area contributed by atoms with Gasteiger partial charge in [-0.2, -0.15) is 9.78 Å². The summed E-state index contributed by atoms with van der Waals surface area (Å²) in [4.78, 5) is 24.6. The van der Waals surface area contributed by atoms with Gasteiger partial charge in [0.2, 0.25) is 0 Å². The third-order valence-corrected chi connectivity index (χ3v) is 5.78. The van der Waals surface area contributed by atoms with Gasteiger partial charge in [-0.1, -0.05) is 12.1 Å². The zero-order valence-corrected chi connectivity index (χ0v) is 14.7. The van der Waals surface area contributed by atoms with E-state index >= 15 is 0 Å². The normalized spacial score (nSPS) is 18.4. The number of methoxy groups -OCH3 is 1. The maximum Gasteiger partial charge on any atom is 0.275 e. The Morgan fingerprint density at radius 2 is 2.12 bits per heavy atom. The Hall–Kier alpha value is -2.88. The Kier molecular flexibility index (Phi) is 4.68. The monoisotopic (exact) mass is 379 g/mol. The molecule has 3 rings (SSSR count). The quantitative estimate of drug-likeness (QED) is 0.757. The van der Waals surface area contributed by atoms with Crippen molar-refractivity contribution in [3.8, 4) is 17.2 Å². The van der Waals surface area contributed by atoms with E-state index in [9.17, 15) is 23.1 Å². The maximum atomic E-state index is 12.4. The SMILES string of the molecule is COc1ccccc1-n1nc(C(=O)NC2CCS(=O)(=O)C2)c(O)cc1=O. The molecular weight excluding hydrogens is 362 g/mol. The first kappa shape index (κ1) is 17.9. The fraction of sp³-hybridized carbons (Fsp3) is 0.312. The van der Waals surface area contributed by atoms with Crippen molar-refractivity contribution >= 4 is 15.7 Å². The minimum atomic E-state index is -3.17. The fourth-order valence-electron chi connectivity index (χ4n) is 2.75. The molecule has 1 saturated heterocycles. The summed E-state index contributed by atoms with van der Waals surface area (Å²) < 4.78 is 29.1. The highest BCUT2D eigenvalue weighted by atomic mass is 32.2. The molecule has 9 nitrogen and oxygen atoms in total. The molecule has 1 atom stereocenters. The zero-order valence-electron chi connectivity index (χ0n) is 13.9. The molecule has 2 heterocycles. The third kappa shape index (κ3) is 3.54. The summed E-state index contributed by atoms with van der Waals surface area (Å²) in [7, 11) is -1.74. The van der Waals surface area contributed by atoms with Crippen LogP contribution in [0, 0.1) is 0 Å². The summed E-state index contributed by atoms with van der Waals surface area (Å²) >= 11 is 0. The highest BCUT2D eigenvalue weighted by molar-refractivity contribution is 7.91. The number of hydrogen-bond acceptors (Lipinski definition) is 7. The Morgan fingerprint density at radius 3 is 2.77 bits per heavy atom. The molecule has 1 amide bonds. The van der Waals surface area contributed by atoms with Gasteiger partial charge >= 0.3 is 0 Å². The van der Waals surface area contributed by atoms with Gasteiger partial charge in [-0.3, -0.25) is 9.59 Å². The average Bonchev–Trinajstić information content (AvgIpc) is 2.93. The van der Waals surface area contributed by atoms with Gasteiger partial charge in [0.05, 0.1) is 18.6 Å². The number of amides is 1. The van der Waals surface area contributed by atoms with Gasteiger partial charge in [0.15, 0.2) is 21.3 Å². The van der Waals surface area contributed by atoms with Crippen LogP contribution in [0.2, 0.25) is 0 Å². The second kappa shape index (κ2) is 6.79. The molecule has 2 N–H and O–H groups in total. The minimum Gasteiger partial charge on any atom is -0.505 e. The van der Waals surface area contributed by atoms with Crippen LogP contribution in [-0.2, 0) is 9.84 Å². The summed E-state index contributed by atoms with van der Waals surface area (Å²) in [6.07, 6.45) is 0.293. The predicted octanol–water partition coefficient (Wildman–Crippen LogP) is -0.136. The third-order valence-electron chi connectivity index (χ3n) is 4.01.